The molecule has 0 radical (unpaired) electrons. The number of hydrogen-bond donors (Lipinski definition) is 2. The zero-order valence-electron chi connectivity index (χ0n) is 17.7. The topological polar surface area (TPSA) is 72.2 Å². The summed E-state index contributed by atoms with van der Waals surface area (Å²) in [6.45, 7) is 7.12. The second kappa shape index (κ2) is 12.7. The van der Waals surface area contributed by atoms with Crippen molar-refractivity contribution < 1.29 is 27.2 Å². The van der Waals surface area contributed by atoms with E-state index in [1.807, 2.05) is 0 Å². The number of amides is 1. The van der Waals surface area contributed by atoms with Crippen LogP contribution in [0.25, 0.3) is 0 Å². The van der Waals surface area contributed by atoms with Crippen molar-refractivity contribution in [3.63, 3.8) is 0 Å². The maximum atomic E-state index is 12.8. The van der Waals surface area contributed by atoms with Gasteiger partial charge in [0, 0.05) is 49.6 Å². The first-order chi connectivity index (χ1) is 13.1. The van der Waals surface area contributed by atoms with E-state index in [2.05, 4.69) is 5.32 Å². The third-order valence-corrected chi connectivity index (χ3v) is 5.24. The molecule has 0 saturated heterocycles. The smallest absolute Gasteiger partial charge is 0.248 e. The largest absolute Gasteiger partial charge is 0.353 e. The van der Waals surface area contributed by atoms with Crippen molar-refractivity contribution in [1.29, 1.82) is 0 Å². The lowest BCUT2D eigenvalue weighted by atomic mass is 9.92. The van der Waals surface area contributed by atoms with E-state index in [1.165, 1.54) is 0 Å². The van der Waals surface area contributed by atoms with Gasteiger partial charge in [0.2, 0.25) is 23.0 Å². The van der Waals surface area contributed by atoms with Gasteiger partial charge in [0.05, 0.1) is 0 Å². The number of rotatable bonds is 3. The van der Waals surface area contributed by atoms with Gasteiger partial charge in [-0.05, 0) is 37.3 Å². The molecule has 0 aliphatic heterocycles. The van der Waals surface area contributed by atoms with Gasteiger partial charge in [0.25, 0.3) is 0 Å². The number of carbonyl (C=O) groups is 2. The SMILES string of the molecule is CC(C)C(=O)Cl.CC(C)C(=O)NC1CCC(F)(F)CC1.NC1CCC(F)(F)CC1. The summed E-state index contributed by atoms with van der Waals surface area (Å²) >= 11 is 4.97. The van der Waals surface area contributed by atoms with E-state index < -0.39 is 11.8 Å². The van der Waals surface area contributed by atoms with Gasteiger partial charge in [0.1, 0.15) is 0 Å². The normalized spacial score (nSPS) is 21.5. The summed E-state index contributed by atoms with van der Waals surface area (Å²) in [7, 11) is 0. The van der Waals surface area contributed by atoms with Crippen LogP contribution in [0.5, 0.6) is 0 Å². The number of nitrogens with two attached hydrogens (primary N) is 1. The first-order valence-corrected chi connectivity index (χ1v) is 10.5. The quantitative estimate of drug-likeness (QED) is 0.458. The Labute approximate surface area is 176 Å². The number of hydrogen-bond acceptors (Lipinski definition) is 3. The molecule has 0 heterocycles. The minimum absolute atomic E-state index is 0.0182. The van der Waals surface area contributed by atoms with Crippen LogP contribution in [0.1, 0.15) is 79.1 Å². The monoisotopic (exact) mass is 446 g/mol. The van der Waals surface area contributed by atoms with E-state index >= 15 is 0 Å². The van der Waals surface area contributed by atoms with Crippen molar-refractivity contribution in [2.45, 2.75) is 103 Å². The van der Waals surface area contributed by atoms with Crippen molar-refractivity contribution in [2.24, 2.45) is 17.6 Å². The Bertz CT molecular complexity index is 497. The molecule has 0 aromatic heterocycles. The molecule has 0 bridgehead atoms. The second-order valence-electron chi connectivity index (χ2n) is 8.45. The average Bonchev–Trinajstić information content (AvgIpc) is 2.60. The highest BCUT2D eigenvalue weighted by atomic mass is 35.5. The fourth-order valence-corrected chi connectivity index (χ4v) is 2.61. The van der Waals surface area contributed by atoms with Gasteiger partial charge >= 0.3 is 0 Å². The molecule has 2 aliphatic carbocycles. The molecule has 2 saturated carbocycles. The Hall–Kier alpha value is -0.890. The third kappa shape index (κ3) is 13.9. The molecule has 1 amide bonds. The molecule has 2 fully saturated rings. The molecule has 172 valence electrons. The van der Waals surface area contributed by atoms with Crippen molar-refractivity contribution in [3.8, 4) is 0 Å². The van der Waals surface area contributed by atoms with Crippen molar-refractivity contribution in [2.75, 3.05) is 0 Å². The van der Waals surface area contributed by atoms with Crippen LogP contribution in [0.3, 0.4) is 0 Å². The maximum Gasteiger partial charge on any atom is 0.248 e. The minimum atomic E-state index is -2.51. The zero-order valence-corrected chi connectivity index (χ0v) is 18.5. The van der Waals surface area contributed by atoms with Crippen molar-refractivity contribution in [3.05, 3.63) is 0 Å². The lowest BCUT2D eigenvalue weighted by molar-refractivity contribution is -0.125. The Morgan fingerprint density at radius 3 is 1.48 bits per heavy atom. The molecule has 29 heavy (non-hydrogen) atoms. The van der Waals surface area contributed by atoms with Crippen LogP contribution in [-0.4, -0.2) is 35.1 Å². The van der Waals surface area contributed by atoms with E-state index in [4.69, 9.17) is 17.3 Å². The first-order valence-electron chi connectivity index (χ1n) is 10.2. The van der Waals surface area contributed by atoms with Gasteiger partial charge in [-0.2, -0.15) is 0 Å². The predicted molar refractivity (Wildman–Crippen MR) is 107 cm³/mol. The fraction of sp³-hybridized carbons (Fsp3) is 0.900. The lowest BCUT2D eigenvalue weighted by Crippen LogP contribution is -2.41. The first kappa shape index (κ1) is 28.1. The molecule has 2 aliphatic rings. The number of alkyl halides is 4. The summed E-state index contributed by atoms with van der Waals surface area (Å²) in [5.74, 6) is -5.07. The van der Waals surface area contributed by atoms with Crippen LogP contribution in [0.15, 0.2) is 0 Å². The van der Waals surface area contributed by atoms with Crippen LogP contribution >= 0.6 is 11.6 Å². The molecular formula is C20H35ClF4N2O2. The van der Waals surface area contributed by atoms with Crippen molar-refractivity contribution in [1.82, 2.24) is 5.32 Å². The molecule has 0 spiro atoms. The summed E-state index contributed by atoms with van der Waals surface area (Å²) in [5.41, 5.74) is 5.42. The summed E-state index contributed by atoms with van der Waals surface area (Å²) in [6.07, 6.45) is 1.51. The standard InChI is InChI=1S/C10H17F2NO.C6H11F2N.C4H7ClO/c1-7(2)9(14)13-8-3-5-10(11,12)6-4-8;7-6(8)3-1-5(9)2-4-6;1-3(2)4(5)6/h7-8H,3-6H2,1-2H3,(H,13,14);5H,1-4,9H2;3H,1-2H3. The van der Waals surface area contributed by atoms with E-state index in [0.29, 0.717) is 25.7 Å². The molecule has 4 nitrogen and oxygen atoms in total. The molecule has 0 aromatic rings. The molecule has 9 heteroatoms. The highest BCUT2D eigenvalue weighted by molar-refractivity contribution is 6.63. The number of carbonyl (C=O) groups excluding carboxylic acids is 2. The van der Waals surface area contributed by atoms with E-state index in [-0.39, 0.29) is 60.8 Å². The van der Waals surface area contributed by atoms with Crippen molar-refractivity contribution >= 4 is 22.8 Å². The summed E-state index contributed by atoms with van der Waals surface area (Å²) < 4.78 is 50.2. The van der Waals surface area contributed by atoms with E-state index in [9.17, 15) is 27.2 Å². The van der Waals surface area contributed by atoms with Crippen LogP contribution in [0.2, 0.25) is 0 Å². The van der Waals surface area contributed by atoms with Crippen LogP contribution in [0.4, 0.5) is 17.6 Å². The van der Waals surface area contributed by atoms with Gasteiger partial charge in [-0.25, -0.2) is 17.6 Å². The van der Waals surface area contributed by atoms with E-state index in [0.717, 1.165) is 0 Å². The van der Waals surface area contributed by atoms with Crippen LogP contribution in [0, 0.1) is 11.8 Å². The van der Waals surface area contributed by atoms with Gasteiger partial charge < -0.3 is 11.1 Å². The summed E-state index contributed by atoms with van der Waals surface area (Å²) in [5, 5.41) is 2.52. The summed E-state index contributed by atoms with van der Waals surface area (Å²) in [4.78, 5) is 21.2. The fourth-order valence-electron chi connectivity index (χ4n) is 2.61. The van der Waals surface area contributed by atoms with Gasteiger partial charge in [0.15, 0.2) is 0 Å². The highest BCUT2D eigenvalue weighted by Gasteiger charge is 2.35. The van der Waals surface area contributed by atoms with Crippen LogP contribution in [-0.2, 0) is 9.59 Å². The Morgan fingerprint density at radius 2 is 1.21 bits per heavy atom. The Morgan fingerprint density at radius 1 is 0.862 bits per heavy atom. The molecular weight excluding hydrogens is 412 g/mol. The average molecular weight is 447 g/mol. The van der Waals surface area contributed by atoms with Gasteiger partial charge in [-0.3, -0.25) is 9.59 Å². The van der Waals surface area contributed by atoms with E-state index in [1.54, 1.807) is 27.7 Å². The highest BCUT2D eigenvalue weighted by Crippen LogP contribution is 2.33. The lowest BCUT2D eigenvalue weighted by Gasteiger charge is -2.29. The summed E-state index contributed by atoms with van der Waals surface area (Å²) in [6, 6.07) is -0.0332. The second-order valence-corrected chi connectivity index (χ2v) is 8.82. The van der Waals surface area contributed by atoms with Crippen LogP contribution < -0.4 is 11.1 Å². The van der Waals surface area contributed by atoms with Gasteiger partial charge in [-0.1, -0.05) is 27.7 Å². The maximum absolute atomic E-state index is 12.8. The Kier molecular flexibility index (Phi) is 12.3. The third-order valence-electron chi connectivity index (χ3n) is 4.80. The molecule has 0 unspecified atom stereocenters. The predicted octanol–water partition coefficient (Wildman–Crippen LogP) is 5.27. The molecule has 0 aromatic carbocycles. The zero-order chi connectivity index (χ0) is 22.8. The molecule has 2 rings (SSSR count). The molecule has 0 atom stereocenters. The number of nitrogens with one attached hydrogen (secondary N) is 1. The minimum Gasteiger partial charge on any atom is -0.353 e. The van der Waals surface area contributed by atoms with Gasteiger partial charge in [-0.15, -0.1) is 0 Å². The molecule has 3 N–H and O–H groups in total. The Balaban J connectivity index is 0.000000448. The number of halogens is 5.